The van der Waals surface area contributed by atoms with Gasteiger partial charge in [0.15, 0.2) is 0 Å². The van der Waals surface area contributed by atoms with Gasteiger partial charge in [0.05, 0.1) is 6.04 Å². The Labute approximate surface area is 132 Å². The highest BCUT2D eigenvalue weighted by Crippen LogP contribution is 2.54. The zero-order chi connectivity index (χ0) is 14.1. The maximum atomic E-state index is 6.00. The molecular weight excluding hydrogens is 336 g/mol. The first-order valence-corrected chi connectivity index (χ1v) is 7.84. The second-order valence-corrected chi connectivity index (χ2v) is 6.52. The lowest BCUT2D eigenvalue weighted by atomic mass is 9.99. The zero-order valence-electron chi connectivity index (χ0n) is 10.9. The lowest BCUT2D eigenvalue weighted by Gasteiger charge is -2.18. The monoisotopic (exact) mass is 350 g/mol. The Balaban J connectivity index is 1.82. The van der Waals surface area contributed by atoms with E-state index in [2.05, 4.69) is 51.7 Å². The van der Waals surface area contributed by atoms with E-state index in [9.17, 15) is 0 Å². The Morgan fingerprint density at radius 3 is 2.60 bits per heavy atom. The summed E-state index contributed by atoms with van der Waals surface area (Å²) in [5.41, 5.74) is 5.53. The van der Waals surface area contributed by atoms with Gasteiger partial charge in [0, 0.05) is 9.50 Å². The van der Waals surface area contributed by atoms with E-state index < -0.39 is 0 Å². The summed E-state index contributed by atoms with van der Waals surface area (Å²) in [5, 5.41) is 0.729. The topological polar surface area (TPSA) is 38.0 Å². The molecule has 0 saturated heterocycles. The van der Waals surface area contributed by atoms with E-state index in [1.165, 1.54) is 11.1 Å². The first-order chi connectivity index (χ1) is 9.70. The number of hydrogen-bond acceptors (Lipinski definition) is 2. The van der Waals surface area contributed by atoms with Gasteiger partial charge in [-0.3, -0.25) is 11.3 Å². The van der Waals surface area contributed by atoms with Crippen molar-refractivity contribution < 1.29 is 0 Å². The molecule has 0 heterocycles. The van der Waals surface area contributed by atoms with E-state index in [0.717, 1.165) is 15.9 Å². The highest BCUT2D eigenvalue weighted by atomic mass is 79.9. The highest BCUT2D eigenvalue weighted by Gasteiger charge is 2.44. The predicted octanol–water partition coefficient (Wildman–Crippen LogP) is 4.41. The van der Waals surface area contributed by atoms with Crippen molar-refractivity contribution in [1.82, 2.24) is 5.43 Å². The lowest BCUT2D eigenvalue weighted by Crippen LogP contribution is -2.30. The normalized spacial score (nSPS) is 22.6. The molecule has 3 atom stereocenters. The van der Waals surface area contributed by atoms with E-state index in [4.69, 9.17) is 17.4 Å². The summed E-state index contributed by atoms with van der Waals surface area (Å²) in [6.45, 7) is 0. The van der Waals surface area contributed by atoms with Gasteiger partial charge in [-0.1, -0.05) is 63.9 Å². The fourth-order valence-corrected chi connectivity index (χ4v) is 3.79. The van der Waals surface area contributed by atoms with Gasteiger partial charge in [-0.2, -0.15) is 0 Å². The van der Waals surface area contributed by atoms with Crippen LogP contribution >= 0.6 is 27.5 Å². The summed E-state index contributed by atoms with van der Waals surface area (Å²) in [6.07, 6.45) is 1.16. The molecule has 0 amide bonds. The molecule has 0 bridgehead atoms. The van der Waals surface area contributed by atoms with Crippen molar-refractivity contribution in [2.75, 3.05) is 0 Å². The summed E-state index contributed by atoms with van der Waals surface area (Å²) in [6, 6.07) is 16.6. The molecule has 3 unspecified atom stereocenters. The second-order valence-electron chi connectivity index (χ2n) is 5.23. The van der Waals surface area contributed by atoms with Crippen molar-refractivity contribution in [2.45, 2.75) is 18.4 Å². The minimum atomic E-state index is 0.145. The molecule has 3 N–H and O–H groups in total. The van der Waals surface area contributed by atoms with Crippen molar-refractivity contribution in [2.24, 2.45) is 11.8 Å². The smallest absolute Gasteiger partial charge is 0.0505 e. The zero-order valence-corrected chi connectivity index (χ0v) is 13.2. The van der Waals surface area contributed by atoms with E-state index in [1.54, 1.807) is 0 Å². The third kappa shape index (κ3) is 2.77. The van der Waals surface area contributed by atoms with Crippen LogP contribution in [0.25, 0.3) is 0 Å². The van der Waals surface area contributed by atoms with Crippen LogP contribution in [0.15, 0.2) is 53.0 Å². The fourth-order valence-electron chi connectivity index (χ4n) is 2.86. The van der Waals surface area contributed by atoms with Crippen molar-refractivity contribution >= 4 is 27.5 Å². The van der Waals surface area contributed by atoms with Gasteiger partial charge in [0.1, 0.15) is 0 Å². The minimum Gasteiger partial charge on any atom is -0.271 e. The molecule has 1 saturated carbocycles. The van der Waals surface area contributed by atoms with Crippen molar-refractivity contribution in [3.63, 3.8) is 0 Å². The Bertz CT molecular complexity index is 603. The molecule has 20 heavy (non-hydrogen) atoms. The first kappa shape index (κ1) is 14.1. The molecule has 1 aliphatic carbocycles. The molecule has 1 aliphatic rings. The van der Waals surface area contributed by atoms with E-state index in [1.807, 2.05) is 18.2 Å². The van der Waals surface area contributed by atoms with Gasteiger partial charge in [-0.15, -0.1) is 0 Å². The molecule has 4 heteroatoms. The molecule has 2 nitrogen and oxygen atoms in total. The quantitative estimate of drug-likeness (QED) is 0.632. The summed E-state index contributed by atoms with van der Waals surface area (Å²) < 4.78 is 1.01. The van der Waals surface area contributed by atoms with Crippen LogP contribution in [0.3, 0.4) is 0 Å². The SMILES string of the molecule is NNC(c1ccc(Cl)cc1Br)C1CC1c1ccccc1. The van der Waals surface area contributed by atoms with Crippen LogP contribution in [0.1, 0.15) is 29.5 Å². The van der Waals surface area contributed by atoms with E-state index in [0.29, 0.717) is 11.8 Å². The van der Waals surface area contributed by atoms with Gasteiger partial charge >= 0.3 is 0 Å². The maximum Gasteiger partial charge on any atom is 0.0505 e. The molecule has 0 aliphatic heterocycles. The van der Waals surface area contributed by atoms with Gasteiger partial charge in [-0.05, 0) is 41.5 Å². The number of hydrazine groups is 1. The summed E-state index contributed by atoms with van der Waals surface area (Å²) in [5.74, 6) is 6.90. The number of benzene rings is 2. The van der Waals surface area contributed by atoms with Gasteiger partial charge < -0.3 is 0 Å². The maximum absolute atomic E-state index is 6.00. The summed E-state index contributed by atoms with van der Waals surface area (Å²) >= 11 is 9.58. The number of hydrogen-bond donors (Lipinski definition) is 2. The molecule has 2 aromatic carbocycles. The molecule has 3 rings (SSSR count). The van der Waals surface area contributed by atoms with Crippen molar-refractivity contribution in [1.29, 1.82) is 0 Å². The predicted molar refractivity (Wildman–Crippen MR) is 86.5 cm³/mol. The van der Waals surface area contributed by atoms with Crippen LogP contribution in [-0.2, 0) is 0 Å². The van der Waals surface area contributed by atoms with Crippen molar-refractivity contribution in [3.05, 3.63) is 69.2 Å². The largest absolute Gasteiger partial charge is 0.271 e. The average molecular weight is 352 g/mol. The van der Waals surface area contributed by atoms with Gasteiger partial charge in [-0.25, -0.2) is 0 Å². The van der Waals surface area contributed by atoms with Crippen LogP contribution in [-0.4, -0.2) is 0 Å². The third-order valence-electron chi connectivity index (χ3n) is 3.97. The Hall–Kier alpha value is -0.870. The van der Waals surface area contributed by atoms with E-state index in [-0.39, 0.29) is 6.04 Å². The van der Waals surface area contributed by atoms with Gasteiger partial charge in [0.25, 0.3) is 0 Å². The Morgan fingerprint density at radius 2 is 1.95 bits per heavy atom. The highest BCUT2D eigenvalue weighted by molar-refractivity contribution is 9.10. The molecule has 0 spiro atoms. The molecule has 2 aromatic rings. The molecule has 0 radical (unpaired) electrons. The van der Waals surface area contributed by atoms with Crippen LogP contribution in [0, 0.1) is 5.92 Å². The molecule has 104 valence electrons. The van der Waals surface area contributed by atoms with Crippen LogP contribution in [0.5, 0.6) is 0 Å². The minimum absolute atomic E-state index is 0.145. The summed E-state index contributed by atoms with van der Waals surface area (Å²) in [4.78, 5) is 0. The number of halogens is 2. The molecule has 1 fully saturated rings. The standard InChI is InChI=1S/C16H16BrClN2/c17-15-8-11(18)6-7-12(15)16(20-19)14-9-13(14)10-4-2-1-3-5-10/h1-8,13-14,16,20H,9,19H2. The number of rotatable bonds is 4. The molecule has 0 aromatic heterocycles. The van der Waals surface area contributed by atoms with Crippen LogP contribution in [0.4, 0.5) is 0 Å². The van der Waals surface area contributed by atoms with E-state index >= 15 is 0 Å². The summed E-state index contributed by atoms with van der Waals surface area (Å²) in [7, 11) is 0. The fraction of sp³-hybridized carbons (Fsp3) is 0.250. The number of nitrogens with two attached hydrogens (primary N) is 1. The molecular formula is C16H16BrClN2. The Morgan fingerprint density at radius 1 is 1.20 bits per heavy atom. The van der Waals surface area contributed by atoms with Crippen LogP contribution in [0.2, 0.25) is 5.02 Å². The van der Waals surface area contributed by atoms with Crippen LogP contribution < -0.4 is 11.3 Å². The first-order valence-electron chi connectivity index (χ1n) is 6.66. The average Bonchev–Trinajstić information content (AvgIpc) is 3.23. The lowest BCUT2D eigenvalue weighted by molar-refractivity contribution is 0.486. The number of nitrogens with one attached hydrogen (secondary N) is 1. The Kier molecular flexibility index (Phi) is 4.13. The third-order valence-corrected chi connectivity index (χ3v) is 4.89. The van der Waals surface area contributed by atoms with Gasteiger partial charge in [0.2, 0.25) is 0 Å². The van der Waals surface area contributed by atoms with Crippen molar-refractivity contribution in [3.8, 4) is 0 Å². The second kappa shape index (κ2) is 5.86.